The van der Waals surface area contributed by atoms with Gasteiger partial charge in [-0.05, 0) is 39.3 Å². The van der Waals surface area contributed by atoms with Gasteiger partial charge in [-0.3, -0.25) is 4.72 Å². The van der Waals surface area contributed by atoms with Crippen LogP contribution in [0.5, 0.6) is 0 Å². The number of nitrogens with zero attached hydrogens (tertiary/aromatic N) is 1. The number of aromatic nitrogens is 1. The van der Waals surface area contributed by atoms with Crippen LogP contribution in [0.4, 0.5) is 5.69 Å². The van der Waals surface area contributed by atoms with Crippen molar-refractivity contribution in [2.24, 2.45) is 7.05 Å². The fourth-order valence-electron chi connectivity index (χ4n) is 2.72. The Hall–Kier alpha value is -2.28. The number of esters is 1. The number of para-hydroxylation sites is 1. The van der Waals surface area contributed by atoms with Crippen LogP contribution in [0.2, 0.25) is 0 Å². The number of aryl methyl sites for hydroxylation is 1. The van der Waals surface area contributed by atoms with E-state index in [2.05, 4.69) is 4.72 Å². The van der Waals surface area contributed by atoms with E-state index in [1.165, 1.54) is 0 Å². The van der Waals surface area contributed by atoms with Gasteiger partial charge < -0.3 is 9.30 Å². The molecule has 0 aliphatic rings. The minimum atomic E-state index is -3.83. The quantitative estimate of drug-likeness (QED) is 0.841. The van der Waals surface area contributed by atoms with Crippen molar-refractivity contribution in [2.45, 2.75) is 32.6 Å². The van der Waals surface area contributed by atoms with Crippen molar-refractivity contribution in [3.05, 3.63) is 46.8 Å². The highest BCUT2D eigenvalue weighted by Gasteiger charge is 2.29. The Morgan fingerprint density at radius 1 is 1.21 bits per heavy atom. The number of sulfonamides is 1. The standard InChI is InChI=1S/C17H22N2O4S/c1-6-23-17(20)15-12(3)16(13(4)19(15)5)24(21,22)18-14-10-8-7-9-11(14)2/h7-10,18H,6H2,1-5H3. The first-order chi connectivity index (χ1) is 11.2. The van der Waals surface area contributed by atoms with E-state index in [1.807, 2.05) is 19.1 Å². The van der Waals surface area contributed by atoms with Gasteiger partial charge in [0, 0.05) is 18.3 Å². The van der Waals surface area contributed by atoms with Gasteiger partial charge in [-0.1, -0.05) is 18.2 Å². The van der Waals surface area contributed by atoms with E-state index < -0.39 is 16.0 Å². The normalized spacial score (nSPS) is 11.4. The first-order valence-corrected chi connectivity index (χ1v) is 9.10. The monoisotopic (exact) mass is 350 g/mol. The lowest BCUT2D eigenvalue weighted by atomic mass is 10.2. The van der Waals surface area contributed by atoms with Gasteiger partial charge in [-0.2, -0.15) is 0 Å². The molecule has 0 spiro atoms. The van der Waals surface area contributed by atoms with E-state index >= 15 is 0 Å². The molecule has 6 nitrogen and oxygen atoms in total. The zero-order chi connectivity index (χ0) is 18.1. The fourth-order valence-corrected chi connectivity index (χ4v) is 4.37. The lowest BCUT2D eigenvalue weighted by molar-refractivity contribution is 0.0514. The molecule has 0 saturated heterocycles. The molecule has 0 amide bonds. The molecule has 1 aromatic carbocycles. The number of hydrogen-bond donors (Lipinski definition) is 1. The summed E-state index contributed by atoms with van der Waals surface area (Å²) in [5.74, 6) is -0.530. The number of hydrogen-bond acceptors (Lipinski definition) is 4. The Bertz CT molecular complexity index is 882. The third kappa shape index (κ3) is 3.17. The largest absolute Gasteiger partial charge is 0.461 e. The van der Waals surface area contributed by atoms with Gasteiger partial charge in [0.1, 0.15) is 10.6 Å². The predicted molar refractivity (Wildman–Crippen MR) is 92.8 cm³/mol. The van der Waals surface area contributed by atoms with Crippen LogP contribution in [-0.2, 0) is 21.8 Å². The van der Waals surface area contributed by atoms with Crippen molar-refractivity contribution in [2.75, 3.05) is 11.3 Å². The van der Waals surface area contributed by atoms with E-state index in [9.17, 15) is 13.2 Å². The average molecular weight is 350 g/mol. The molecule has 0 aliphatic heterocycles. The second-order valence-corrected chi connectivity index (χ2v) is 7.21. The van der Waals surface area contributed by atoms with Gasteiger partial charge in [0.05, 0.1) is 12.3 Å². The second kappa shape index (κ2) is 6.68. The van der Waals surface area contributed by atoms with Crippen LogP contribution in [0.25, 0.3) is 0 Å². The van der Waals surface area contributed by atoms with Gasteiger partial charge in [-0.15, -0.1) is 0 Å². The summed E-state index contributed by atoms with van der Waals surface area (Å²) in [4.78, 5) is 12.2. The molecule has 1 heterocycles. The lowest BCUT2D eigenvalue weighted by Gasteiger charge is -2.11. The van der Waals surface area contributed by atoms with Gasteiger partial charge in [0.15, 0.2) is 0 Å². The average Bonchev–Trinajstić information content (AvgIpc) is 2.72. The molecular formula is C17H22N2O4S. The number of ether oxygens (including phenoxy) is 1. The maximum atomic E-state index is 12.9. The summed E-state index contributed by atoms with van der Waals surface area (Å²) in [5.41, 5.74) is 2.45. The van der Waals surface area contributed by atoms with Crippen molar-refractivity contribution in [3.8, 4) is 0 Å². The summed E-state index contributed by atoms with van der Waals surface area (Å²) >= 11 is 0. The molecule has 130 valence electrons. The molecule has 2 aromatic rings. The van der Waals surface area contributed by atoms with E-state index in [1.54, 1.807) is 44.5 Å². The van der Waals surface area contributed by atoms with Gasteiger partial charge in [0.2, 0.25) is 0 Å². The molecule has 0 aliphatic carbocycles. The number of carbonyl (C=O) groups is 1. The smallest absolute Gasteiger partial charge is 0.355 e. The van der Waals surface area contributed by atoms with Crippen LogP contribution in [0.3, 0.4) is 0 Å². The molecule has 1 N–H and O–H groups in total. The summed E-state index contributed by atoms with van der Waals surface area (Å²) in [6.45, 7) is 7.05. The highest BCUT2D eigenvalue weighted by atomic mass is 32.2. The molecule has 2 rings (SSSR count). The Morgan fingerprint density at radius 2 is 1.83 bits per heavy atom. The Balaban J connectivity index is 2.54. The fraction of sp³-hybridized carbons (Fsp3) is 0.353. The minimum Gasteiger partial charge on any atom is -0.461 e. The van der Waals surface area contributed by atoms with Crippen LogP contribution < -0.4 is 4.72 Å². The van der Waals surface area contributed by atoms with Crippen LogP contribution in [0.1, 0.15) is 34.2 Å². The predicted octanol–water partition coefficient (Wildman–Crippen LogP) is 2.93. The van der Waals surface area contributed by atoms with Gasteiger partial charge in [-0.25, -0.2) is 13.2 Å². The third-order valence-corrected chi connectivity index (χ3v) is 5.62. The van der Waals surface area contributed by atoms with Crippen molar-refractivity contribution >= 4 is 21.7 Å². The molecule has 7 heteroatoms. The molecule has 0 fully saturated rings. The molecule has 0 bridgehead atoms. The Labute approximate surface area is 142 Å². The summed E-state index contributed by atoms with van der Waals surface area (Å²) in [7, 11) is -2.17. The van der Waals surface area contributed by atoms with Crippen LogP contribution >= 0.6 is 0 Å². The zero-order valence-corrected chi connectivity index (χ0v) is 15.3. The number of rotatable bonds is 5. The highest BCUT2D eigenvalue weighted by Crippen LogP contribution is 2.28. The van der Waals surface area contributed by atoms with Crippen molar-refractivity contribution < 1.29 is 17.9 Å². The first-order valence-electron chi connectivity index (χ1n) is 7.62. The van der Waals surface area contributed by atoms with Crippen molar-refractivity contribution in [1.29, 1.82) is 0 Å². The Morgan fingerprint density at radius 3 is 2.42 bits per heavy atom. The summed E-state index contributed by atoms with van der Waals surface area (Å²) in [6, 6.07) is 7.13. The Kier molecular flexibility index (Phi) is 5.03. The van der Waals surface area contributed by atoms with E-state index in [4.69, 9.17) is 4.74 Å². The lowest BCUT2D eigenvalue weighted by Crippen LogP contribution is -2.15. The topological polar surface area (TPSA) is 77.4 Å². The number of anilines is 1. The molecule has 0 saturated carbocycles. The van der Waals surface area contributed by atoms with Crippen LogP contribution in [-0.4, -0.2) is 25.6 Å². The summed E-state index contributed by atoms with van der Waals surface area (Å²) < 4.78 is 34.9. The molecule has 0 atom stereocenters. The van der Waals surface area contributed by atoms with Crippen LogP contribution in [0, 0.1) is 20.8 Å². The molecule has 0 unspecified atom stereocenters. The zero-order valence-electron chi connectivity index (χ0n) is 14.5. The van der Waals surface area contributed by atoms with Crippen molar-refractivity contribution in [1.82, 2.24) is 4.57 Å². The summed E-state index contributed by atoms with van der Waals surface area (Å²) in [5, 5.41) is 0. The van der Waals surface area contributed by atoms with Gasteiger partial charge in [0.25, 0.3) is 10.0 Å². The number of carbonyl (C=O) groups excluding carboxylic acids is 1. The minimum absolute atomic E-state index is 0.108. The molecule has 1 aromatic heterocycles. The van der Waals surface area contributed by atoms with E-state index in [0.29, 0.717) is 16.9 Å². The second-order valence-electron chi connectivity index (χ2n) is 5.59. The third-order valence-electron chi connectivity index (χ3n) is 3.99. The molecule has 24 heavy (non-hydrogen) atoms. The SMILES string of the molecule is CCOC(=O)c1c(C)c(S(=O)(=O)Nc2ccccc2C)c(C)n1C. The molecule has 0 radical (unpaired) electrons. The summed E-state index contributed by atoms with van der Waals surface area (Å²) in [6.07, 6.45) is 0. The maximum Gasteiger partial charge on any atom is 0.355 e. The van der Waals surface area contributed by atoms with E-state index in [0.717, 1.165) is 5.56 Å². The first kappa shape index (κ1) is 18.1. The maximum absolute atomic E-state index is 12.9. The van der Waals surface area contributed by atoms with Gasteiger partial charge >= 0.3 is 5.97 Å². The molecular weight excluding hydrogens is 328 g/mol. The van der Waals surface area contributed by atoms with Crippen molar-refractivity contribution in [3.63, 3.8) is 0 Å². The number of benzene rings is 1. The van der Waals surface area contributed by atoms with E-state index in [-0.39, 0.29) is 17.2 Å². The highest BCUT2D eigenvalue weighted by molar-refractivity contribution is 7.92. The number of nitrogens with one attached hydrogen (secondary N) is 1. The van der Waals surface area contributed by atoms with Crippen LogP contribution in [0.15, 0.2) is 29.2 Å².